The minimum Gasteiger partial charge on any atom is -0.308 e. The topological polar surface area (TPSA) is 61.4 Å². The quantitative estimate of drug-likeness (QED) is 0.188. The summed E-state index contributed by atoms with van der Waals surface area (Å²) in [5.41, 5.74) is 9.57. The highest BCUT2D eigenvalue weighted by molar-refractivity contribution is 6.17. The molecule has 10 aromatic rings. The van der Waals surface area contributed by atoms with E-state index >= 15 is 0 Å². The van der Waals surface area contributed by atoms with Crippen molar-refractivity contribution in [2.24, 2.45) is 0 Å². The molecule has 6 aromatic carbocycles. The Balaban J connectivity index is 1.23. The van der Waals surface area contributed by atoms with Crippen LogP contribution in [0.25, 0.3) is 89.2 Å². The molecular weight excluding hydrogens is 613 g/mol. The van der Waals surface area contributed by atoms with Crippen molar-refractivity contribution < 1.29 is 0 Å². The molecule has 0 saturated heterocycles. The molecule has 6 heteroatoms. The smallest absolute Gasteiger partial charge is 0.238 e. The van der Waals surface area contributed by atoms with Gasteiger partial charge in [0.25, 0.3) is 0 Å². The number of aromatic nitrogens is 6. The van der Waals surface area contributed by atoms with Crippen molar-refractivity contribution in [2.75, 3.05) is 0 Å². The molecule has 50 heavy (non-hydrogen) atoms. The van der Waals surface area contributed by atoms with Gasteiger partial charge in [-0.2, -0.15) is 9.97 Å². The van der Waals surface area contributed by atoms with Crippen molar-refractivity contribution in [1.29, 1.82) is 0 Å². The molecular formula is C44H28N6. The number of nitrogens with zero attached hydrogens (tertiary/aromatic N) is 6. The average Bonchev–Trinajstić information content (AvgIpc) is 3.71. The standard InChI is InChI=1S/C44H28N6/c1-4-13-29(14-5-1)42-46-43(30-15-6-2-7-16-30)48-44(47-42)50-37-21-11-10-19-35(37)41-33(20-12-22-39(41)50)31-23-24-38-36(27-31)34-25-26-45-28-40(34)49(38)32-17-8-3-9-18-32/h1-28H. The van der Waals surface area contributed by atoms with Crippen LogP contribution in [0.15, 0.2) is 170 Å². The molecule has 0 unspecified atom stereocenters. The van der Waals surface area contributed by atoms with Crippen LogP contribution in [0.3, 0.4) is 0 Å². The summed E-state index contributed by atoms with van der Waals surface area (Å²) in [6.45, 7) is 0. The molecule has 0 N–H and O–H groups in total. The first-order chi connectivity index (χ1) is 24.8. The summed E-state index contributed by atoms with van der Waals surface area (Å²) in [6.07, 6.45) is 3.83. The molecule has 0 radical (unpaired) electrons. The summed E-state index contributed by atoms with van der Waals surface area (Å²) in [5, 5.41) is 4.64. The van der Waals surface area contributed by atoms with Gasteiger partial charge in [0.1, 0.15) is 0 Å². The summed E-state index contributed by atoms with van der Waals surface area (Å²) in [6, 6.07) is 54.7. The number of benzene rings is 6. The normalized spacial score (nSPS) is 11.6. The summed E-state index contributed by atoms with van der Waals surface area (Å²) >= 11 is 0. The summed E-state index contributed by atoms with van der Waals surface area (Å²) in [7, 11) is 0. The predicted octanol–water partition coefficient (Wildman–Crippen LogP) is 10.5. The second-order valence-corrected chi connectivity index (χ2v) is 12.4. The Bertz CT molecular complexity index is 2800. The van der Waals surface area contributed by atoms with Gasteiger partial charge in [0.2, 0.25) is 5.95 Å². The van der Waals surface area contributed by atoms with Gasteiger partial charge in [-0.05, 0) is 53.6 Å². The van der Waals surface area contributed by atoms with E-state index in [4.69, 9.17) is 15.0 Å². The zero-order valence-corrected chi connectivity index (χ0v) is 26.8. The van der Waals surface area contributed by atoms with Gasteiger partial charge in [0, 0.05) is 44.6 Å². The number of para-hydroxylation sites is 2. The van der Waals surface area contributed by atoms with Crippen LogP contribution in [0.4, 0.5) is 0 Å². The fourth-order valence-corrected chi connectivity index (χ4v) is 7.26. The van der Waals surface area contributed by atoms with Gasteiger partial charge < -0.3 is 4.57 Å². The maximum atomic E-state index is 5.11. The lowest BCUT2D eigenvalue weighted by Crippen LogP contribution is -2.06. The largest absolute Gasteiger partial charge is 0.308 e. The van der Waals surface area contributed by atoms with Crippen LogP contribution in [-0.2, 0) is 0 Å². The SMILES string of the molecule is c1ccc(-c2nc(-c3ccccc3)nc(-n3c4ccccc4c4c(-c5ccc6c(c5)c5ccncc5n6-c5ccccc5)cccc43)n2)cc1. The molecule has 0 saturated carbocycles. The Kier molecular flexibility index (Phi) is 6.39. The maximum absolute atomic E-state index is 5.11. The molecule has 0 bridgehead atoms. The van der Waals surface area contributed by atoms with Crippen molar-refractivity contribution in [3.8, 4) is 45.5 Å². The molecule has 10 rings (SSSR count). The van der Waals surface area contributed by atoms with Crippen molar-refractivity contribution in [3.63, 3.8) is 0 Å². The van der Waals surface area contributed by atoms with E-state index in [1.807, 2.05) is 79.1 Å². The van der Waals surface area contributed by atoms with Crippen LogP contribution in [0.2, 0.25) is 0 Å². The number of hydrogen-bond acceptors (Lipinski definition) is 4. The number of rotatable bonds is 5. The van der Waals surface area contributed by atoms with E-state index in [2.05, 4.69) is 105 Å². The molecule has 0 aliphatic heterocycles. The molecule has 4 aromatic heterocycles. The lowest BCUT2D eigenvalue weighted by Gasteiger charge is -2.11. The number of pyridine rings is 1. The van der Waals surface area contributed by atoms with E-state index in [0.717, 1.165) is 60.8 Å². The van der Waals surface area contributed by atoms with Gasteiger partial charge in [-0.3, -0.25) is 9.55 Å². The van der Waals surface area contributed by atoms with Gasteiger partial charge in [-0.15, -0.1) is 0 Å². The predicted molar refractivity (Wildman–Crippen MR) is 203 cm³/mol. The van der Waals surface area contributed by atoms with Gasteiger partial charge in [0.15, 0.2) is 11.6 Å². The van der Waals surface area contributed by atoms with E-state index in [1.165, 1.54) is 10.8 Å². The monoisotopic (exact) mass is 640 g/mol. The highest BCUT2D eigenvalue weighted by atomic mass is 15.2. The number of fused-ring (bicyclic) bond motifs is 6. The van der Waals surface area contributed by atoms with Crippen molar-refractivity contribution in [1.82, 2.24) is 29.1 Å². The van der Waals surface area contributed by atoms with Crippen LogP contribution < -0.4 is 0 Å². The van der Waals surface area contributed by atoms with Crippen LogP contribution >= 0.6 is 0 Å². The van der Waals surface area contributed by atoms with Crippen LogP contribution in [0.5, 0.6) is 0 Å². The first-order valence-electron chi connectivity index (χ1n) is 16.7. The minimum absolute atomic E-state index is 0.579. The molecule has 0 amide bonds. The molecule has 6 nitrogen and oxygen atoms in total. The third-order valence-electron chi connectivity index (χ3n) is 9.48. The molecule has 0 aliphatic rings. The van der Waals surface area contributed by atoms with E-state index in [-0.39, 0.29) is 0 Å². The second kappa shape index (κ2) is 11.4. The Morgan fingerprint density at radius 1 is 0.400 bits per heavy atom. The molecule has 0 spiro atoms. The Labute approximate surface area is 287 Å². The Morgan fingerprint density at radius 3 is 1.78 bits per heavy atom. The highest BCUT2D eigenvalue weighted by Gasteiger charge is 2.21. The Morgan fingerprint density at radius 2 is 1.04 bits per heavy atom. The maximum Gasteiger partial charge on any atom is 0.238 e. The van der Waals surface area contributed by atoms with Gasteiger partial charge >= 0.3 is 0 Å². The fraction of sp³-hybridized carbons (Fsp3) is 0. The fourth-order valence-electron chi connectivity index (χ4n) is 7.26. The van der Waals surface area contributed by atoms with E-state index in [9.17, 15) is 0 Å². The zero-order valence-electron chi connectivity index (χ0n) is 26.8. The van der Waals surface area contributed by atoms with Gasteiger partial charge in [-0.1, -0.05) is 115 Å². The van der Waals surface area contributed by atoms with E-state index in [0.29, 0.717) is 17.6 Å². The lowest BCUT2D eigenvalue weighted by atomic mass is 9.98. The van der Waals surface area contributed by atoms with Gasteiger partial charge in [-0.25, -0.2) is 4.98 Å². The molecule has 0 aliphatic carbocycles. The first-order valence-corrected chi connectivity index (χ1v) is 16.7. The molecule has 0 atom stereocenters. The summed E-state index contributed by atoms with van der Waals surface area (Å²) in [5.74, 6) is 1.84. The van der Waals surface area contributed by atoms with E-state index < -0.39 is 0 Å². The molecule has 4 heterocycles. The molecule has 234 valence electrons. The Hall–Kier alpha value is -6.92. The first kappa shape index (κ1) is 28.1. The van der Waals surface area contributed by atoms with E-state index in [1.54, 1.807) is 0 Å². The van der Waals surface area contributed by atoms with Gasteiger partial charge in [0.05, 0.1) is 28.3 Å². The van der Waals surface area contributed by atoms with Crippen molar-refractivity contribution in [3.05, 3.63) is 170 Å². The molecule has 0 fully saturated rings. The average molecular weight is 641 g/mol. The van der Waals surface area contributed by atoms with Crippen LogP contribution in [-0.4, -0.2) is 29.1 Å². The lowest BCUT2D eigenvalue weighted by molar-refractivity contribution is 0.953. The summed E-state index contributed by atoms with van der Waals surface area (Å²) in [4.78, 5) is 19.7. The van der Waals surface area contributed by atoms with Crippen LogP contribution in [0.1, 0.15) is 0 Å². The highest BCUT2D eigenvalue weighted by Crippen LogP contribution is 2.41. The van der Waals surface area contributed by atoms with Crippen molar-refractivity contribution in [2.45, 2.75) is 0 Å². The third-order valence-corrected chi connectivity index (χ3v) is 9.48. The minimum atomic E-state index is 0.579. The van der Waals surface area contributed by atoms with Crippen LogP contribution in [0, 0.1) is 0 Å². The second-order valence-electron chi connectivity index (χ2n) is 12.4. The van der Waals surface area contributed by atoms with Crippen molar-refractivity contribution >= 4 is 43.6 Å². The summed E-state index contributed by atoms with van der Waals surface area (Å²) < 4.78 is 4.48. The zero-order chi connectivity index (χ0) is 33.0. The number of hydrogen-bond donors (Lipinski definition) is 0. The third kappa shape index (κ3) is 4.43.